The lowest BCUT2D eigenvalue weighted by molar-refractivity contribution is 0.0788. The van der Waals surface area contributed by atoms with Crippen molar-refractivity contribution in [2.24, 2.45) is 0 Å². The lowest BCUT2D eigenvalue weighted by Crippen LogP contribution is -2.34. The van der Waals surface area contributed by atoms with E-state index in [2.05, 4.69) is 22.1 Å². The van der Waals surface area contributed by atoms with Crippen molar-refractivity contribution in [3.8, 4) is 11.4 Å². The molecule has 2 aliphatic heterocycles. The maximum atomic E-state index is 13.9. The molecular formula is C33H34F2N4O2. The summed E-state index contributed by atoms with van der Waals surface area (Å²) in [5.74, 6) is 0.359. The van der Waals surface area contributed by atoms with Crippen molar-refractivity contribution >= 4 is 5.91 Å². The van der Waals surface area contributed by atoms with E-state index in [0.29, 0.717) is 36.9 Å². The molecule has 2 saturated heterocycles. The second-order valence-corrected chi connectivity index (χ2v) is 11.0. The van der Waals surface area contributed by atoms with Gasteiger partial charge in [0, 0.05) is 43.1 Å². The minimum atomic E-state index is -0.316. The molecule has 2 aliphatic rings. The molecule has 0 bridgehead atoms. The van der Waals surface area contributed by atoms with Crippen LogP contribution in [0.3, 0.4) is 0 Å². The summed E-state index contributed by atoms with van der Waals surface area (Å²) in [7, 11) is 1.56. The fraction of sp³-hybridized carbons (Fsp3) is 0.333. The standard InChI is InChI=1S/C33H34F2N4O2/c1-41-31-19-28(35)8-7-26(31)21-37-16-13-24(14-17-37)32-30(20-36-39(32)29-11-9-27(34)10-12-29)33(40)38-18-15-25(22-38)23-5-3-2-4-6-23/h2-12,19-20,24-25H,13-18,21-22H2,1H3/t25-/m0/s1. The number of halogens is 2. The van der Waals surface area contributed by atoms with Gasteiger partial charge in [0.15, 0.2) is 0 Å². The molecule has 3 heterocycles. The molecule has 1 atom stereocenters. The Morgan fingerprint density at radius 3 is 2.34 bits per heavy atom. The molecule has 8 heteroatoms. The fourth-order valence-electron chi connectivity index (χ4n) is 6.27. The molecule has 1 amide bonds. The molecular weight excluding hydrogens is 522 g/mol. The molecule has 6 rings (SSSR count). The smallest absolute Gasteiger partial charge is 0.257 e. The van der Waals surface area contributed by atoms with Gasteiger partial charge in [0.2, 0.25) is 0 Å². The number of likely N-dealkylation sites (tertiary alicyclic amines) is 2. The summed E-state index contributed by atoms with van der Waals surface area (Å²) in [6, 6.07) is 21.3. The number of aromatic nitrogens is 2. The molecule has 0 saturated carbocycles. The van der Waals surface area contributed by atoms with Gasteiger partial charge < -0.3 is 9.64 Å². The number of carbonyl (C=O) groups is 1. The van der Waals surface area contributed by atoms with Gasteiger partial charge in [-0.15, -0.1) is 0 Å². The van der Waals surface area contributed by atoms with E-state index in [1.54, 1.807) is 31.5 Å². The Hall–Kier alpha value is -4.04. The molecule has 1 aromatic heterocycles. The quantitative estimate of drug-likeness (QED) is 0.273. The van der Waals surface area contributed by atoms with E-state index < -0.39 is 0 Å². The van der Waals surface area contributed by atoms with E-state index in [9.17, 15) is 13.6 Å². The van der Waals surface area contributed by atoms with Gasteiger partial charge in [-0.1, -0.05) is 36.4 Å². The van der Waals surface area contributed by atoms with Gasteiger partial charge in [-0.3, -0.25) is 9.69 Å². The van der Waals surface area contributed by atoms with Crippen LogP contribution in [0.1, 0.15) is 58.3 Å². The van der Waals surface area contributed by atoms with Crippen molar-refractivity contribution in [2.45, 2.75) is 37.6 Å². The summed E-state index contributed by atoms with van der Waals surface area (Å²) in [5.41, 5.74) is 4.46. The molecule has 3 aromatic carbocycles. The predicted octanol–water partition coefficient (Wildman–Crippen LogP) is 6.17. The minimum Gasteiger partial charge on any atom is -0.496 e. The normalized spacial score (nSPS) is 18.1. The average Bonchev–Trinajstić information content (AvgIpc) is 3.68. The van der Waals surface area contributed by atoms with Crippen molar-refractivity contribution in [3.05, 3.63) is 113 Å². The van der Waals surface area contributed by atoms with Gasteiger partial charge in [0.05, 0.1) is 30.3 Å². The molecule has 0 aliphatic carbocycles. The molecule has 0 unspecified atom stereocenters. The fourth-order valence-corrected chi connectivity index (χ4v) is 6.27. The van der Waals surface area contributed by atoms with E-state index >= 15 is 0 Å². The van der Waals surface area contributed by atoms with E-state index in [1.807, 2.05) is 27.8 Å². The topological polar surface area (TPSA) is 50.6 Å². The third kappa shape index (κ3) is 5.75. The van der Waals surface area contributed by atoms with Crippen LogP contribution < -0.4 is 4.74 Å². The lowest BCUT2D eigenvalue weighted by Gasteiger charge is -2.33. The number of hydrogen-bond donors (Lipinski definition) is 0. The van der Waals surface area contributed by atoms with Gasteiger partial charge in [-0.2, -0.15) is 5.10 Å². The van der Waals surface area contributed by atoms with Crippen LogP contribution in [0, 0.1) is 11.6 Å². The average molecular weight is 557 g/mol. The van der Waals surface area contributed by atoms with Crippen molar-refractivity contribution in [1.82, 2.24) is 19.6 Å². The molecule has 41 heavy (non-hydrogen) atoms. The Morgan fingerprint density at radius 2 is 1.61 bits per heavy atom. The molecule has 6 nitrogen and oxygen atoms in total. The van der Waals surface area contributed by atoms with Gasteiger partial charge in [0.25, 0.3) is 5.91 Å². The van der Waals surface area contributed by atoms with E-state index in [-0.39, 0.29) is 23.5 Å². The van der Waals surface area contributed by atoms with Crippen LogP contribution in [-0.2, 0) is 6.54 Å². The molecule has 0 spiro atoms. The maximum Gasteiger partial charge on any atom is 0.257 e. The van der Waals surface area contributed by atoms with E-state index in [0.717, 1.165) is 49.3 Å². The Labute approximate surface area is 239 Å². The SMILES string of the molecule is COc1cc(F)ccc1CN1CCC(c2c(C(=O)N3CC[C@H](c4ccccc4)C3)cnn2-c2ccc(F)cc2)CC1. The highest BCUT2D eigenvalue weighted by Crippen LogP contribution is 2.35. The molecule has 212 valence electrons. The second kappa shape index (κ2) is 11.8. The zero-order valence-corrected chi connectivity index (χ0v) is 23.2. The maximum absolute atomic E-state index is 13.9. The summed E-state index contributed by atoms with van der Waals surface area (Å²) < 4.78 is 34.7. The Balaban J connectivity index is 1.23. The van der Waals surface area contributed by atoms with Crippen molar-refractivity contribution < 1.29 is 18.3 Å². The number of benzene rings is 3. The van der Waals surface area contributed by atoms with Crippen LogP contribution in [0.5, 0.6) is 5.75 Å². The molecule has 4 aromatic rings. The molecule has 2 fully saturated rings. The predicted molar refractivity (Wildman–Crippen MR) is 153 cm³/mol. The minimum absolute atomic E-state index is 0.00488. The van der Waals surface area contributed by atoms with Crippen molar-refractivity contribution in [1.29, 1.82) is 0 Å². The summed E-state index contributed by atoms with van der Waals surface area (Å²) in [6.45, 7) is 3.67. The zero-order valence-electron chi connectivity index (χ0n) is 23.2. The van der Waals surface area contributed by atoms with E-state index in [1.165, 1.54) is 29.8 Å². The first-order valence-corrected chi connectivity index (χ1v) is 14.2. The first-order chi connectivity index (χ1) is 20.0. The van der Waals surface area contributed by atoms with Crippen molar-refractivity contribution in [3.63, 3.8) is 0 Å². The second-order valence-electron chi connectivity index (χ2n) is 11.0. The summed E-state index contributed by atoms with van der Waals surface area (Å²) in [4.78, 5) is 18.2. The highest BCUT2D eigenvalue weighted by atomic mass is 19.1. The first kappa shape index (κ1) is 27.1. The Kier molecular flexibility index (Phi) is 7.83. The van der Waals surface area contributed by atoms with Gasteiger partial charge in [-0.25, -0.2) is 13.5 Å². The molecule has 0 N–H and O–H groups in total. The number of piperidine rings is 1. The van der Waals surface area contributed by atoms with Crippen LogP contribution >= 0.6 is 0 Å². The zero-order chi connectivity index (χ0) is 28.3. The van der Waals surface area contributed by atoms with Crippen LogP contribution in [0.4, 0.5) is 8.78 Å². The van der Waals surface area contributed by atoms with Crippen LogP contribution in [-0.4, -0.2) is 58.8 Å². The highest BCUT2D eigenvalue weighted by Gasteiger charge is 2.34. The number of amides is 1. The van der Waals surface area contributed by atoms with Crippen LogP contribution in [0.25, 0.3) is 5.69 Å². The van der Waals surface area contributed by atoms with Crippen molar-refractivity contribution in [2.75, 3.05) is 33.3 Å². The highest BCUT2D eigenvalue weighted by molar-refractivity contribution is 5.95. The Morgan fingerprint density at radius 1 is 0.902 bits per heavy atom. The Bertz CT molecular complexity index is 1500. The number of carbonyl (C=O) groups excluding carboxylic acids is 1. The number of nitrogens with zero attached hydrogens (tertiary/aromatic N) is 4. The summed E-state index contributed by atoms with van der Waals surface area (Å²) >= 11 is 0. The lowest BCUT2D eigenvalue weighted by atomic mass is 9.90. The summed E-state index contributed by atoms with van der Waals surface area (Å²) in [5, 5.41) is 4.66. The number of methoxy groups -OCH3 is 1. The van der Waals surface area contributed by atoms with Gasteiger partial charge in [0.1, 0.15) is 17.4 Å². The number of hydrogen-bond acceptors (Lipinski definition) is 4. The monoisotopic (exact) mass is 556 g/mol. The van der Waals surface area contributed by atoms with E-state index in [4.69, 9.17) is 4.74 Å². The third-order valence-electron chi connectivity index (χ3n) is 8.47. The number of ether oxygens (including phenoxy) is 1. The van der Waals surface area contributed by atoms with Crippen LogP contribution in [0.15, 0.2) is 79.0 Å². The third-order valence-corrected chi connectivity index (χ3v) is 8.47. The summed E-state index contributed by atoms with van der Waals surface area (Å²) in [6.07, 6.45) is 4.29. The first-order valence-electron chi connectivity index (χ1n) is 14.2. The molecule has 0 radical (unpaired) electrons. The van der Waals surface area contributed by atoms with Gasteiger partial charge in [-0.05, 0) is 68.2 Å². The van der Waals surface area contributed by atoms with Gasteiger partial charge >= 0.3 is 0 Å². The largest absolute Gasteiger partial charge is 0.496 e. The van der Waals surface area contributed by atoms with Crippen LogP contribution in [0.2, 0.25) is 0 Å². The number of rotatable bonds is 7.